The number of aliphatic hydroxyl groups excluding tert-OH is 1. The van der Waals surface area contributed by atoms with E-state index >= 15 is 0 Å². The van der Waals surface area contributed by atoms with Crippen LogP contribution in [-0.2, 0) is 10.0 Å². The fraction of sp³-hybridized carbons (Fsp3) is 0.400. The van der Waals surface area contributed by atoms with Crippen molar-refractivity contribution >= 4 is 28.6 Å². The van der Waals surface area contributed by atoms with Crippen LogP contribution in [0.2, 0.25) is 0 Å². The lowest BCUT2D eigenvalue weighted by atomic mass is 10.0. The van der Waals surface area contributed by atoms with E-state index in [1.54, 1.807) is 0 Å². The molecule has 1 aromatic carbocycles. The molecule has 0 unspecified atom stereocenters. The third-order valence-corrected chi connectivity index (χ3v) is 4.36. The molecule has 0 spiro atoms. The molecular weight excluding hydrogens is 332 g/mol. The zero-order valence-corrected chi connectivity index (χ0v) is 14.5. The molecule has 0 aliphatic heterocycles. The molecule has 1 atom stereocenters. The van der Waals surface area contributed by atoms with Crippen molar-refractivity contribution in [2.75, 3.05) is 6.61 Å². The van der Waals surface area contributed by atoms with E-state index in [2.05, 4.69) is 21.4 Å². The molecule has 0 saturated heterocycles. The number of carbonyl (C=O) groups excluding carboxylic acids is 1. The van der Waals surface area contributed by atoms with Gasteiger partial charge in [-0.25, -0.2) is 4.99 Å². The van der Waals surface area contributed by atoms with Gasteiger partial charge in [0.15, 0.2) is 0 Å². The average Bonchev–Trinajstić information content (AvgIpc) is 2.53. The predicted octanol–water partition coefficient (Wildman–Crippen LogP) is 0.527. The average molecular weight is 354 g/mol. The van der Waals surface area contributed by atoms with Crippen molar-refractivity contribution in [2.45, 2.75) is 31.2 Å². The first kappa shape index (κ1) is 19.8. The maximum Gasteiger partial charge on any atom is 0.285 e. The minimum absolute atomic E-state index is 0.138. The van der Waals surface area contributed by atoms with Crippen LogP contribution in [-0.4, -0.2) is 44.8 Å². The van der Waals surface area contributed by atoms with E-state index in [9.17, 15) is 18.3 Å². The molecule has 1 amide bonds. The maximum absolute atomic E-state index is 12.2. The lowest BCUT2D eigenvalue weighted by Crippen LogP contribution is -2.38. The van der Waals surface area contributed by atoms with Gasteiger partial charge in [-0.1, -0.05) is 19.9 Å². The van der Waals surface area contributed by atoms with Gasteiger partial charge in [-0.3, -0.25) is 4.79 Å². The molecule has 0 aliphatic rings. The molecule has 24 heavy (non-hydrogen) atoms. The number of rotatable bonds is 7. The Labute approximate surface area is 141 Å². The Morgan fingerprint density at radius 3 is 2.62 bits per heavy atom. The molecule has 0 aromatic heterocycles. The van der Waals surface area contributed by atoms with E-state index in [1.165, 1.54) is 24.3 Å². The van der Waals surface area contributed by atoms with Crippen LogP contribution in [0.3, 0.4) is 0 Å². The van der Waals surface area contributed by atoms with Gasteiger partial charge < -0.3 is 16.2 Å². The van der Waals surface area contributed by atoms with Gasteiger partial charge in [0.25, 0.3) is 15.9 Å². The molecule has 0 radical (unpaired) electrons. The normalized spacial score (nSPS) is 13.6. The maximum atomic E-state index is 12.2. The molecule has 1 rings (SSSR count). The number of carbonyl (C=O) groups is 1. The zero-order chi connectivity index (χ0) is 18.3. The van der Waals surface area contributed by atoms with Crippen LogP contribution in [0, 0.1) is 5.92 Å². The summed E-state index contributed by atoms with van der Waals surface area (Å²) in [6, 6.07) is 4.97. The van der Waals surface area contributed by atoms with Crippen molar-refractivity contribution in [2.24, 2.45) is 21.0 Å². The SMILES string of the molecule is C=NC(N)=NS(=O)(=O)c1cccc(C(=O)N[C@@H](CO)CC(C)C)c1. The van der Waals surface area contributed by atoms with E-state index in [4.69, 9.17) is 5.73 Å². The van der Waals surface area contributed by atoms with E-state index in [-0.39, 0.29) is 23.0 Å². The molecule has 0 bridgehead atoms. The van der Waals surface area contributed by atoms with Crippen LogP contribution >= 0.6 is 0 Å². The van der Waals surface area contributed by atoms with Crippen molar-refractivity contribution in [3.8, 4) is 0 Å². The number of sulfonamides is 1. The summed E-state index contributed by atoms with van der Waals surface area (Å²) in [6.45, 7) is 6.83. The van der Waals surface area contributed by atoms with E-state index < -0.39 is 27.9 Å². The Hall–Kier alpha value is -2.26. The first-order valence-electron chi connectivity index (χ1n) is 7.28. The summed E-state index contributed by atoms with van der Waals surface area (Å²) in [4.78, 5) is 15.3. The van der Waals surface area contributed by atoms with Gasteiger partial charge in [0, 0.05) is 5.56 Å². The molecule has 1 aromatic rings. The van der Waals surface area contributed by atoms with Crippen LogP contribution in [0.5, 0.6) is 0 Å². The van der Waals surface area contributed by atoms with Gasteiger partial charge in [0.2, 0.25) is 5.96 Å². The van der Waals surface area contributed by atoms with Crippen molar-refractivity contribution in [1.29, 1.82) is 0 Å². The van der Waals surface area contributed by atoms with Crippen LogP contribution < -0.4 is 11.1 Å². The number of guanidine groups is 1. The Morgan fingerprint density at radius 1 is 1.42 bits per heavy atom. The number of nitrogens with one attached hydrogen (secondary N) is 1. The molecule has 0 aliphatic carbocycles. The standard InChI is InChI=1S/C15H22N4O4S/c1-10(2)7-12(9-20)18-14(21)11-5-4-6-13(8-11)24(22,23)19-15(16)17-3/h4-6,8,10,12,20H,3,7,9H2,1-2H3,(H2,16,19)(H,18,21)/t12-/m1/s1. The number of aliphatic hydroxyl groups is 1. The van der Waals surface area contributed by atoms with Crippen molar-refractivity contribution in [3.63, 3.8) is 0 Å². The Morgan fingerprint density at radius 2 is 2.08 bits per heavy atom. The van der Waals surface area contributed by atoms with Crippen LogP contribution in [0.15, 0.2) is 38.6 Å². The van der Waals surface area contributed by atoms with Gasteiger partial charge >= 0.3 is 0 Å². The number of nitrogens with two attached hydrogens (primary N) is 1. The highest BCUT2D eigenvalue weighted by molar-refractivity contribution is 7.90. The van der Waals surface area contributed by atoms with Crippen molar-refractivity contribution in [1.82, 2.24) is 5.32 Å². The van der Waals surface area contributed by atoms with Gasteiger partial charge in [0.05, 0.1) is 17.5 Å². The number of hydrogen-bond acceptors (Lipinski definition) is 4. The topological polar surface area (TPSA) is 134 Å². The van der Waals surface area contributed by atoms with Gasteiger partial charge in [-0.05, 0) is 37.3 Å². The molecule has 9 heteroatoms. The summed E-state index contributed by atoms with van der Waals surface area (Å²) < 4.78 is 27.4. The molecule has 0 heterocycles. The number of amides is 1. The minimum atomic E-state index is -4.08. The lowest BCUT2D eigenvalue weighted by Gasteiger charge is -2.18. The highest BCUT2D eigenvalue weighted by atomic mass is 32.2. The molecule has 132 valence electrons. The Kier molecular flexibility index (Phi) is 7.05. The summed E-state index contributed by atoms with van der Waals surface area (Å²) in [7, 11) is -4.08. The number of hydrogen-bond donors (Lipinski definition) is 3. The number of aliphatic imine (C=N–C) groups is 1. The van der Waals surface area contributed by atoms with Crippen LogP contribution in [0.1, 0.15) is 30.6 Å². The summed E-state index contributed by atoms with van der Waals surface area (Å²) in [5, 5.41) is 12.0. The predicted molar refractivity (Wildman–Crippen MR) is 92.6 cm³/mol. The highest BCUT2D eigenvalue weighted by Crippen LogP contribution is 2.15. The van der Waals surface area contributed by atoms with E-state index in [1.807, 2.05) is 13.8 Å². The first-order valence-corrected chi connectivity index (χ1v) is 8.72. The molecule has 8 nitrogen and oxygen atoms in total. The second-order valence-electron chi connectivity index (χ2n) is 5.59. The van der Waals surface area contributed by atoms with Crippen molar-refractivity contribution < 1.29 is 18.3 Å². The summed E-state index contributed by atoms with van der Waals surface area (Å²) in [5.41, 5.74) is 5.40. The van der Waals surface area contributed by atoms with Gasteiger partial charge in [-0.15, -0.1) is 4.40 Å². The smallest absolute Gasteiger partial charge is 0.285 e. The fourth-order valence-corrected chi connectivity index (χ4v) is 2.96. The molecular formula is C15H22N4O4S. The molecule has 4 N–H and O–H groups in total. The lowest BCUT2D eigenvalue weighted by molar-refractivity contribution is 0.0908. The number of nitrogens with zero attached hydrogens (tertiary/aromatic N) is 2. The van der Waals surface area contributed by atoms with Crippen molar-refractivity contribution in [3.05, 3.63) is 29.8 Å². The second-order valence-corrected chi connectivity index (χ2v) is 7.20. The fourth-order valence-electron chi connectivity index (χ4n) is 2.02. The van der Waals surface area contributed by atoms with Gasteiger partial charge in [0.1, 0.15) is 0 Å². The Bertz CT molecular complexity index is 729. The minimum Gasteiger partial charge on any atom is -0.394 e. The van der Waals surface area contributed by atoms with E-state index in [0.29, 0.717) is 6.42 Å². The first-order chi connectivity index (χ1) is 11.2. The monoisotopic (exact) mass is 354 g/mol. The number of benzene rings is 1. The zero-order valence-electron chi connectivity index (χ0n) is 13.6. The second kappa shape index (κ2) is 8.55. The molecule has 0 saturated carbocycles. The summed E-state index contributed by atoms with van der Waals surface area (Å²) in [5.74, 6) is -0.675. The highest BCUT2D eigenvalue weighted by Gasteiger charge is 2.18. The third kappa shape index (κ3) is 5.74. The summed E-state index contributed by atoms with van der Waals surface area (Å²) >= 11 is 0. The van der Waals surface area contributed by atoms with Crippen LogP contribution in [0.4, 0.5) is 0 Å². The largest absolute Gasteiger partial charge is 0.394 e. The molecule has 0 fully saturated rings. The van der Waals surface area contributed by atoms with Gasteiger partial charge in [-0.2, -0.15) is 8.42 Å². The Balaban J connectivity index is 3.04. The van der Waals surface area contributed by atoms with Crippen LogP contribution in [0.25, 0.3) is 0 Å². The van der Waals surface area contributed by atoms with E-state index in [0.717, 1.165) is 0 Å². The summed E-state index contributed by atoms with van der Waals surface area (Å²) in [6.07, 6.45) is 0.603. The quantitative estimate of drug-likeness (QED) is 0.485. The third-order valence-electron chi connectivity index (χ3n) is 3.08.